The Morgan fingerprint density at radius 3 is 2.88 bits per heavy atom. The fourth-order valence-corrected chi connectivity index (χ4v) is 1.70. The molecule has 2 heterocycles. The third-order valence-corrected chi connectivity index (χ3v) is 2.60. The van der Waals surface area contributed by atoms with Crippen LogP contribution in [0.15, 0.2) is 39.4 Å². The first kappa shape index (κ1) is 11.9. The molecule has 2 rings (SSSR count). The van der Waals surface area contributed by atoms with E-state index in [0.29, 0.717) is 11.2 Å². The van der Waals surface area contributed by atoms with Crippen molar-refractivity contribution in [1.29, 1.82) is 0 Å². The van der Waals surface area contributed by atoms with Crippen molar-refractivity contribution in [2.24, 2.45) is 0 Å². The number of hydrogen-bond acceptors (Lipinski definition) is 3. The van der Waals surface area contributed by atoms with Crippen LogP contribution in [-0.2, 0) is 6.54 Å². The van der Waals surface area contributed by atoms with Gasteiger partial charge in [-0.1, -0.05) is 6.07 Å². The summed E-state index contributed by atoms with van der Waals surface area (Å²) in [6.07, 6.45) is 0. The SMILES string of the molecule is Cc1cccc(CNC(=O)c2ccc(Br)o2)n1. The third kappa shape index (κ3) is 3.17. The van der Waals surface area contributed by atoms with Gasteiger partial charge in [0.05, 0.1) is 12.2 Å². The van der Waals surface area contributed by atoms with Crippen LogP contribution >= 0.6 is 15.9 Å². The zero-order valence-electron chi connectivity index (χ0n) is 9.24. The van der Waals surface area contributed by atoms with E-state index in [0.717, 1.165) is 11.4 Å². The number of aryl methyl sites for hydroxylation is 1. The van der Waals surface area contributed by atoms with Crippen molar-refractivity contribution < 1.29 is 9.21 Å². The Hall–Kier alpha value is -1.62. The molecule has 1 amide bonds. The van der Waals surface area contributed by atoms with Crippen LogP contribution in [0.4, 0.5) is 0 Å². The highest BCUT2D eigenvalue weighted by Gasteiger charge is 2.09. The lowest BCUT2D eigenvalue weighted by Gasteiger charge is -2.03. The maximum absolute atomic E-state index is 11.7. The van der Waals surface area contributed by atoms with E-state index in [4.69, 9.17) is 4.42 Å². The van der Waals surface area contributed by atoms with Gasteiger partial charge in [0.25, 0.3) is 5.91 Å². The number of furan rings is 1. The lowest BCUT2D eigenvalue weighted by atomic mass is 10.3. The first-order valence-corrected chi connectivity index (χ1v) is 5.90. The first-order chi connectivity index (χ1) is 8.15. The summed E-state index contributed by atoms with van der Waals surface area (Å²) in [7, 11) is 0. The molecule has 0 saturated carbocycles. The smallest absolute Gasteiger partial charge is 0.287 e. The second-order valence-electron chi connectivity index (χ2n) is 3.56. The molecule has 0 saturated heterocycles. The molecule has 0 radical (unpaired) electrons. The van der Waals surface area contributed by atoms with Crippen LogP contribution < -0.4 is 5.32 Å². The lowest BCUT2D eigenvalue weighted by molar-refractivity contribution is 0.0921. The van der Waals surface area contributed by atoms with Gasteiger partial charge >= 0.3 is 0 Å². The summed E-state index contributed by atoms with van der Waals surface area (Å²) in [5.74, 6) is 0.0311. The van der Waals surface area contributed by atoms with E-state index in [1.165, 1.54) is 0 Å². The molecule has 0 aliphatic heterocycles. The normalized spacial score (nSPS) is 10.2. The second kappa shape index (κ2) is 5.14. The van der Waals surface area contributed by atoms with Crippen LogP contribution in [0.3, 0.4) is 0 Å². The molecule has 0 bridgehead atoms. The predicted octanol–water partition coefficient (Wildman–Crippen LogP) is 2.68. The van der Waals surface area contributed by atoms with Crippen LogP contribution in [0.2, 0.25) is 0 Å². The van der Waals surface area contributed by atoms with Gasteiger partial charge in [-0.15, -0.1) is 0 Å². The summed E-state index contributed by atoms with van der Waals surface area (Å²) in [6, 6.07) is 8.98. The quantitative estimate of drug-likeness (QED) is 0.947. The van der Waals surface area contributed by atoms with Crippen molar-refractivity contribution in [2.45, 2.75) is 13.5 Å². The molecule has 0 aliphatic carbocycles. The zero-order chi connectivity index (χ0) is 12.3. The monoisotopic (exact) mass is 294 g/mol. The molecule has 2 aromatic rings. The van der Waals surface area contributed by atoms with Gasteiger partial charge in [-0.05, 0) is 47.1 Å². The molecule has 1 N–H and O–H groups in total. The standard InChI is InChI=1S/C12H11BrN2O2/c1-8-3-2-4-9(15-8)7-14-12(16)10-5-6-11(13)17-10/h2-6H,7H2,1H3,(H,14,16). The highest BCUT2D eigenvalue weighted by molar-refractivity contribution is 9.10. The molecular weight excluding hydrogens is 284 g/mol. The number of carbonyl (C=O) groups excluding carboxylic acids is 1. The molecule has 4 nitrogen and oxygen atoms in total. The van der Waals surface area contributed by atoms with E-state index < -0.39 is 0 Å². The van der Waals surface area contributed by atoms with Crippen LogP contribution in [0, 0.1) is 6.92 Å². The Kier molecular flexibility index (Phi) is 3.58. The van der Waals surface area contributed by atoms with Crippen molar-refractivity contribution in [3.8, 4) is 0 Å². The number of aromatic nitrogens is 1. The van der Waals surface area contributed by atoms with E-state index in [1.807, 2.05) is 25.1 Å². The maximum atomic E-state index is 11.7. The van der Waals surface area contributed by atoms with E-state index in [1.54, 1.807) is 12.1 Å². The second-order valence-corrected chi connectivity index (χ2v) is 4.34. The molecule has 0 aliphatic rings. The maximum Gasteiger partial charge on any atom is 0.287 e. The fraction of sp³-hybridized carbons (Fsp3) is 0.167. The number of rotatable bonds is 3. The number of hydrogen-bond donors (Lipinski definition) is 1. The van der Waals surface area contributed by atoms with Crippen molar-refractivity contribution >= 4 is 21.8 Å². The van der Waals surface area contributed by atoms with Crippen molar-refractivity contribution in [2.75, 3.05) is 0 Å². The number of nitrogens with one attached hydrogen (secondary N) is 1. The Balaban J connectivity index is 1.97. The van der Waals surface area contributed by atoms with Gasteiger partial charge in [0.1, 0.15) is 0 Å². The molecule has 5 heteroatoms. The van der Waals surface area contributed by atoms with E-state index in [-0.39, 0.29) is 11.7 Å². The molecule has 0 unspecified atom stereocenters. The highest BCUT2D eigenvalue weighted by Crippen LogP contribution is 2.13. The Morgan fingerprint density at radius 2 is 2.24 bits per heavy atom. The van der Waals surface area contributed by atoms with Gasteiger partial charge in [-0.25, -0.2) is 0 Å². The number of halogens is 1. The average Bonchev–Trinajstić information content (AvgIpc) is 2.73. The van der Waals surface area contributed by atoms with Crippen molar-refractivity contribution in [3.63, 3.8) is 0 Å². The molecule has 0 spiro atoms. The van der Waals surface area contributed by atoms with Crippen LogP contribution in [-0.4, -0.2) is 10.9 Å². The molecule has 17 heavy (non-hydrogen) atoms. The Bertz CT molecular complexity index is 537. The van der Waals surface area contributed by atoms with Gasteiger partial charge in [-0.3, -0.25) is 9.78 Å². The van der Waals surface area contributed by atoms with E-state index in [2.05, 4.69) is 26.2 Å². The number of carbonyl (C=O) groups is 1. The molecule has 2 aromatic heterocycles. The minimum atomic E-state index is -0.251. The Labute approximate surface area is 107 Å². The van der Waals surface area contributed by atoms with Crippen LogP contribution in [0.5, 0.6) is 0 Å². The highest BCUT2D eigenvalue weighted by atomic mass is 79.9. The zero-order valence-corrected chi connectivity index (χ0v) is 10.8. The van der Waals surface area contributed by atoms with E-state index >= 15 is 0 Å². The minimum absolute atomic E-state index is 0.251. The number of nitrogens with zero attached hydrogens (tertiary/aromatic N) is 1. The summed E-state index contributed by atoms with van der Waals surface area (Å²) in [5.41, 5.74) is 1.75. The van der Waals surface area contributed by atoms with Crippen molar-refractivity contribution in [1.82, 2.24) is 10.3 Å². The Morgan fingerprint density at radius 1 is 1.41 bits per heavy atom. The third-order valence-electron chi connectivity index (χ3n) is 2.17. The van der Waals surface area contributed by atoms with Crippen molar-refractivity contribution in [3.05, 3.63) is 52.1 Å². The molecule has 0 aromatic carbocycles. The minimum Gasteiger partial charge on any atom is -0.444 e. The van der Waals surface area contributed by atoms with E-state index in [9.17, 15) is 4.79 Å². The molecule has 0 atom stereocenters. The van der Waals surface area contributed by atoms with Gasteiger partial charge in [0.15, 0.2) is 10.4 Å². The number of pyridine rings is 1. The van der Waals surface area contributed by atoms with Crippen LogP contribution in [0.1, 0.15) is 21.9 Å². The van der Waals surface area contributed by atoms with Gasteiger partial charge in [0, 0.05) is 5.69 Å². The largest absolute Gasteiger partial charge is 0.444 e. The summed E-state index contributed by atoms with van der Waals surface area (Å²) in [6.45, 7) is 2.30. The number of amides is 1. The summed E-state index contributed by atoms with van der Waals surface area (Å²) in [5, 5.41) is 2.74. The summed E-state index contributed by atoms with van der Waals surface area (Å²) < 4.78 is 5.68. The van der Waals surface area contributed by atoms with Crippen LogP contribution in [0.25, 0.3) is 0 Å². The topological polar surface area (TPSA) is 55.1 Å². The predicted molar refractivity (Wildman–Crippen MR) is 66.6 cm³/mol. The lowest BCUT2D eigenvalue weighted by Crippen LogP contribution is -2.22. The fourth-order valence-electron chi connectivity index (χ4n) is 1.39. The first-order valence-electron chi connectivity index (χ1n) is 5.11. The summed E-state index contributed by atoms with van der Waals surface area (Å²) in [4.78, 5) is 16.0. The van der Waals surface area contributed by atoms with Gasteiger partial charge in [-0.2, -0.15) is 0 Å². The molecule has 88 valence electrons. The molecular formula is C12H11BrN2O2. The van der Waals surface area contributed by atoms with Gasteiger partial charge in [0.2, 0.25) is 0 Å². The summed E-state index contributed by atoms with van der Waals surface area (Å²) >= 11 is 3.15. The van der Waals surface area contributed by atoms with Gasteiger partial charge < -0.3 is 9.73 Å². The molecule has 0 fully saturated rings. The average molecular weight is 295 g/mol.